The van der Waals surface area contributed by atoms with Gasteiger partial charge in [0.2, 0.25) is 5.91 Å². The highest BCUT2D eigenvalue weighted by atomic mass is 16.5. The quantitative estimate of drug-likeness (QED) is 0.781. The molecule has 0 aromatic carbocycles. The summed E-state index contributed by atoms with van der Waals surface area (Å²) in [7, 11) is 0. The molecule has 2 rings (SSSR count). The first kappa shape index (κ1) is 14.0. The molecule has 1 saturated heterocycles. The van der Waals surface area contributed by atoms with Gasteiger partial charge in [0.15, 0.2) is 0 Å². The molecule has 2 heterocycles. The predicted molar refractivity (Wildman–Crippen MR) is 70.4 cm³/mol. The first-order chi connectivity index (χ1) is 9.22. The molecule has 2 atom stereocenters. The van der Waals surface area contributed by atoms with Gasteiger partial charge in [-0.1, -0.05) is 0 Å². The topological polar surface area (TPSA) is 80.7 Å². The van der Waals surface area contributed by atoms with Crippen molar-refractivity contribution in [3.63, 3.8) is 0 Å². The second-order valence-corrected chi connectivity index (χ2v) is 4.68. The highest BCUT2D eigenvalue weighted by molar-refractivity contribution is 5.81. The van der Waals surface area contributed by atoms with E-state index in [1.165, 1.54) is 0 Å². The Hall–Kier alpha value is -1.37. The lowest BCUT2D eigenvalue weighted by Gasteiger charge is -2.38. The predicted octanol–water partition coefficient (Wildman–Crippen LogP) is -0.0562. The SMILES string of the molecule is CC(C(=O)NCc1ccco1)N1CCOCC1CN. The van der Waals surface area contributed by atoms with Crippen molar-refractivity contribution in [2.75, 3.05) is 26.3 Å². The summed E-state index contributed by atoms with van der Waals surface area (Å²) < 4.78 is 10.6. The van der Waals surface area contributed by atoms with Crippen LogP contribution in [0.15, 0.2) is 22.8 Å². The maximum absolute atomic E-state index is 12.1. The molecule has 6 heteroatoms. The third-order valence-corrected chi connectivity index (χ3v) is 3.44. The van der Waals surface area contributed by atoms with E-state index in [1.54, 1.807) is 12.3 Å². The van der Waals surface area contributed by atoms with Crippen LogP contribution in [-0.2, 0) is 16.1 Å². The Morgan fingerprint density at radius 2 is 2.53 bits per heavy atom. The van der Waals surface area contributed by atoms with Crippen LogP contribution in [0.25, 0.3) is 0 Å². The molecule has 0 spiro atoms. The standard InChI is InChI=1S/C13H21N3O3/c1-10(16-4-6-18-9-11(16)7-14)13(17)15-8-12-3-2-5-19-12/h2-3,5,10-11H,4,6-9,14H2,1H3,(H,15,17). The lowest BCUT2D eigenvalue weighted by Crippen LogP contribution is -2.57. The molecule has 0 saturated carbocycles. The fourth-order valence-electron chi connectivity index (χ4n) is 2.27. The molecule has 1 aliphatic rings. The highest BCUT2D eigenvalue weighted by Gasteiger charge is 2.29. The molecule has 2 unspecified atom stereocenters. The van der Waals surface area contributed by atoms with Crippen molar-refractivity contribution in [1.82, 2.24) is 10.2 Å². The van der Waals surface area contributed by atoms with Gasteiger partial charge in [-0.25, -0.2) is 0 Å². The zero-order valence-corrected chi connectivity index (χ0v) is 11.2. The number of hydrogen-bond acceptors (Lipinski definition) is 5. The van der Waals surface area contributed by atoms with Crippen molar-refractivity contribution in [2.45, 2.75) is 25.6 Å². The second kappa shape index (κ2) is 6.70. The smallest absolute Gasteiger partial charge is 0.237 e. The van der Waals surface area contributed by atoms with E-state index in [1.807, 2.05) is 13.0 Å². The summed E-state index contributed by atoms with van der Waals surface area (Å²) in [5.41, 5.74) is 5.71. The number of morpholine rings is 1. The molecule has 106 valence electrons. The summed E-state index contributed by atoms with van der Waals surface area (Å²) in [4.78, 5) is 14.2. The van der Waals surface area contributed by atoms with Gasteiger partial charge in [-0.05, 0) is 19.1 Å². The molecular formula is C13H21N3O3. The van der Waals surface area contributed by atoms with Crippen molar-refractivity contribution in [2.24, 2.45) is 5.73 Å². The van der Waals surface area contributed by atoms with Crippen LogP contribution in [0.3, 0.4) is 0 Å². The zero-order chi connectivity index (χ0) is 13.7. The van der Waals surface area contributed by atoms with E-state index in [9.17, 15) is 4.79 Å². The summed E-state index contributed by atoms with van der Waals surface area (Å²) in [6.45, 7) is 4.77. The molecule has 6 nitrogen and oxygen atoms in total. The van der Waals surface area contributed by atoms with Crippen LogP contribution in [0.1, 0.15) is 12.7 Å². The van der Waals surface area contributed by atoms with Crippen LogP contribution in [-0.4, -0.2) is 49.2 Å². The van der Waals surface area contributed by atoms with Crippen LogP contribution in [0.2, 0.25) is 0 Å². The van der Waals surface area contributed by atoms with Gasteiger partial charge in [0.05, 0.1) is 32.1 Å². The number of nitrogens with one attached hydrogen (secondary N) is 1. The number of rotatable bonds is 5. The Morgan fingerprint density at radius 1 is 1.68 bits per heavy atom. The first-order valence-electron chi connectivity index (χ1n) is 6.56. The third kappa shape index (κ3) is 3.56. The third-order valence-electron chi connectivity index (χ3n) is 3.44. The Balaban J connectivity index is 1.86. The minimum atomic E-state index is -0.215. The first-order valence-corrected chi connectivity index (χ1v) is 6.56. The van der Waals surface area contributed by atoms with E-state index in [-0.39, 0.29) is 18.0 Å². The number of nitrogens with two attached hydrogens (primary N) is 1. The van der Waals surface area contributed by atoms with Gasteiger partial charge >= 0.3 is 0 Å². The molecule has 1 aromatic heterocycles. The number of amides is 1. The number of carbonyl (C=O) groups is 1. The maximum atomic E-state index is 12.1. The molecule has 1 aliphatic heterocycles. The van der Waals surface area contributed by atoms with E-state index in [2.05, 4.69) is 10.2 Å². The molecule has 3 N–H and O–H groups in total. The van der Waals surface area contributed by atoms with Gasteiger partial charge in [0.25, 0.3) is 0 Å². The average Bonchev–Trinajstić information content (AvgIpc) is 2.97. The molecule has 0 bridgehead atoms. The van der Waals surface area contributed by atoms with Crippen molar-refractivity contribution in [1.29, 1.82) is 0 Å². The van der Waals surface area contributed by atoms with E-state index < -0.39 is 0 Å². The second-order valence-electron chi connectivity index (χ2n) is 4.68. The number of ether oxygens (including phenoxy) is 1. The van der Waals surface area contributed by atoms with Crippen molar-refractivity contribution in [3.05, 3.63) is 24.2 Å². The summed E-state index contributed by atoms with van der Waals surface area (Å²) in [5.74, 6) is 0.731. The number of furan rings is 1. The van der Waals surface area contributed by atoms with Crippen LogP contribution in [0, 0.1) is 0 Å². The van der Waals surface area contributed by atoms with Crippen LogP contribution in [0.4, 0.5) is 0 Å². The molecule has 1 aromatic rings. The van der Waals surface area contributed by atoms with Gasteiger partial charge in [0.1, 0.15) is 5.76 Å². The molecule has 1 fully saturated rings. The average molecular weight is 267 g/mol. The Kier molecular flexibility index (Phi) is 4.95. The van der Waals surface area contributed by atoms with Crippen molar-refractivity contribution >= 4 is 5.91 Å². The number of nitrogens with zero attached hydrogens (tertiary/aromatic N) is 1. The monoisotopic (exact) mass is 267 g/mol. The number of carbonyl (C=O) groups excluding carboxylic acids is 1. The fraction of sp³-hybridized carbons (Fsp3) is 0.615. The van der Waals surface area contributed by atoms with E-state index in [0.717, 1.165) is 12.3 Å². The van der Waals surface area contributed by atoms with E-state index in [0.29, 0.717) is 26.3 Å². The summed E-state index contributed by atoms with van der Waals surface area (Å²) >= 11 is 0. The Labute approximate surface area is 112 Å². The van der Waals surface area contributed by atoms with Crippen molar-refractivity contribution < 1.29 is 13.9 Å². The maximum Gasteiger partial charge on any atom is 0.237 e. The Bertz CT molecular complexity index is 394. The van der Waals surface area contributed by atoms with E-state index >= 15 is 0 Å². The normalized spacial score (nSPS) is 22.1. The molecule has 1 amide bonds. The lowest BCUT2D eigenvalue weighted by atomic mass is 10.1. The largest absolute Gasteiger partial charge is 0.467 e. The fourth-order valence-corrected chi connectivity index (χ4v) is 2.27. The Morgan fingerprint density at radius 3 is 3.21 bits per heavy atom. The van der Waals surface area contributed by atoms with Gasteiger partial charge in [-0.3, -0.25) is 9.69 Å². The zero-order valence-electron chi connectivity index (χ0n) is 11.2. The molecule has 0 aliphatic carbocycles. The molecule has 19 heavy (non-hydrogen) atoms. The minimum absolute atomic E-state index is 0.0169. The van der Waals surface area contributed by atoms with Gasteiger partial charge in [-0.2, -0.15) is 0 Å². The highest BCUT2D eigenvalue weighted by Crippen LogP contribution is 2.11. The lowest BCUT2D eigenvalue weighted by molar-refractivity contribution is -0.129. The van der Waals surface area contributed by atoms with Gasteiger partial charge in [0, 0.05) is 19.1 Å². The minimum Gasteiger partial charge on any atom is -0.467 e. The summed E-state index contributed by atoms with van der Waals surface area (Å²) in [5, 5.41) is 2.87. The number of hydrogen-bond donors (Lipinski definition) is 2. The van der Waals surface area contributed by atoms with Crippen LogP contribution >= 0.6 is 0 Å². The van der Waals surface area contributed by atoms with Crippen LogP contribution in [0.5, 0.6) is 0 Å². The molecular weight excluding hydrogens is 246 g/mol. The van der Waals surface area contributed by atoms with Gasteiger partial charge in [-0.15, -0.1) is 0 Å². The molecule has 0 radical (unpaired) electrons. The van der Waals surface area contributed by atoms with Crippen LogP contribution < -0.4 is 11.1 Å². The summed E-state index contributed by atoms with van der Waals surface area (Å²) in [6.07, 6.45) is 1.59. The van der Waals surface area contributed by atoms with E-state index in [4.69, 9.17) is 14.9 Å². The summed E-state index contributed by atoms with van der Waals surface area (Å²) in [6, 6.07) is 3.53. The van der Waals surface area contributed by atoms with Crippen molar-refractivity contribution in [3.8, 4) is 0 Å². The van der Waals surface area contributed by atoms with Gasteiger partial charge < -0.3 is 20.2 Å².